The van der Waals surface area contributed by atoms with E-state index in [0.29, 0.717) is 0 Å². The van der Waals surface area contributed by atoms with Crippen LogP contribution in [0.4, 0.5) is 10.1 Å². The predicted molar refractivity (Wildman–Crippen MR) is 67.4 cm³/mol. The Labute approximate surface area is 106 Å². The maximum Gasteiger partial charge on any atom is 0.233 e. The first-order valence-electron chi connectivity index (χ1n) is 5.96. The van der Waals surface area contributed by atoms with E-state index in [4.69, 9.17) is 0 Å². The van der Waals surface area contributed by atoms with Gasteiger partial charge in [-0.2, -0.15) is 0 Å². The zero-order valence-corrected chi connectivity index (χ0v) is 10.7. The molecule has 0 radical (unpaired) electrons. The van der Waals surface area contributed by atoms with Crippen molar-refractivity contribution in [3.05, 3.63) is 24.0 Å². The molecular formula is C12H16FNO3S. The summed E-state index contributed by atoms with van der Waals surface area (Å²) in [6.07, 6.45) is 3.88. The molecule has 0 aromatic heterocycles. The average molecular weight is 273 g/mol. The molecule has 1 aliphatic carbocycles. The van der Waals surface area contributed by atoms with Crippen LogP contribution in [0, 0.1) is 11.7 Å². The van der Waals surface area contributed by atoms with Gasteiger partial charge in [0.25, 0.3) is 0 Å². The van der Waals surface area contributed by atoms with E-state index in [0.717, 1.165) is 31.7 Å². The van der Waals surface area contributed by atoms with E-state index in [9.17, 15) is 17.9 Å². The smallest absolute Gasteiger partial charge is 0.233 e. The fourth-order valence-corrected chi connectivity index (χ4v) is 3.85. The average Bonchev–Trinajstić information content (AvgIpc) is 2.75. The number of phenolic OH excluding ortho intramolecular Hbond substituents is 1. The minimum absolute atomic E-state index is 0.0131. The summed E-state index contributed by atoms with van der Waals surface area (Å²) in [5, 5.41) is 9.45. The Balaban J connectivity index is 2.12. The van der Waals surface area contributed by atoms with E-state index in [1.54, 1.807) is 0 Å². The Hall–Kier alpha value is -1.30. The van der Waals surface area contributed by atoms with Gasteiger partial charge in [-0.3, -0.25) is 4.72 Å². The maximum atomic E-state index is 13.4. The van der Waals surface area contributed by atoms with E-state index < -0.39 is 21.6 Å². The van der Waals surface area contributed by atoms with E-state index in [-0.39, 0.29) is 17.4 Å². The fraction of sp³-hybridized carbons (Fsp3) is 0.500. The second-order valence-electron chi connectivity index (χ2n) is 4.67. The highest BCUT2D eigenvalue weighted by molar-refractivity contribution is 7.92. The molecule has 2 N–H and O–H groups in total. The molecule has 0 aliphatic heterocycles. The van der Waals surface area contributed by atoms with E-state index in [1.165, 1.54) is 12.1 Å². The van der Waals surface area contributed by atoms with Crippen molar-refractivity contribution in [3.8, 4) is 5.75 Å². The van der Waals surface area contributed by atoms with Gasteiger partial charge in [0.15, 0.2) is 5.82 Å². The van der Waals surface area contributed by atoms with Gasteiger partial charge in [0.2, 0.25) is 10.0 Å². The number of halogens is 1. The van der Waals surface area contributed by atoms with E-state index in [1.807, 2.05) is 0 Å². The number of anilines is 1. The molecular weight excluding hydrogens is 257 g/mol. The quantitative estimate of drug-likeness (QED) is 0.828. The Morgan fingerprint density at radius 3 is 2.61 bits per heavy atom. The third kappa shape index (κ3) is 3.13. The molecule has 1 aliphatic rings. The van der Waals surface area contributed by atoms with Crippen molar-refractivity contribution in [2.45, 2.75) is 25.7 Å². The summed E-state index contributed by atoms with van der Waals surface area (Å²) in [6, 6.07) is 3.67. The van der Waals surface area contributed by atoms with Crippen LogP contribution < -0.4 is 4.72 Å². The largest absolute Gasteiger partial charge is 0.506 e. The molecule has 4 nitrogen and oxygen atoms in total. The van der Waals surface area contributed by atoms with Gasteiger partial charge in [0.05, 0.1) is 5.75 Å². The van der Waals surface area contributed by atoms with Crippen molar-refractivity contribution >= 4 is 15.7 Å². The lowest BCUT2D eigenvalue weighted by Gasteiger charge is -2.13. The third-order valence-corrected chi connectivity index (χ3v) is 4.60. The highest BCUT2D eigenvalue weighted by atomic mass is 32.2. The van der Waals surface area contributed by atoms with Crippen molar-refractivity contribution in [1.29, 1.82) is 0 Å². The van der Waals surface area contributed by atoms with Gasteiger partial charge in [0.1, 0.15) is 11.4 Å². The first kappa shape index (κ1) is 13.1. The molecule has 1 fully saturated rings. The van der Waals surface area contributed by atoms with Crippen LogP contribution in [0.25, 0.3) is 0 Å². The second kappa shape index (κ2) is 5.14. The molecule has 0 spiro atoms. The number of aromatic hydroxyl groups is 1. The van der Waals surface area contributed by atoms with Crippen molar-refractivity contribution in [2.24, 2.45) is 5.92 Å². The van der Waals surface area contributed by atoms with Gasteiger partial charge in [0, 0.05) is 0 Å². The van der Waals surface area contributed by atoms with Gasteiger partial charge < -0.3 is 5.11 Å². The summed E-state index contributed by atoms with van der Waals surface area (Å²) in [7, 11) is -3.61. The number of benzene rings is 1. The van der Waals surface area contributed by atoms with Gasteiger partial charge in [-0.25, -0.2) is 12.8 Å². The van der Waals surface area contributed by atoms with Crippen LogP contribution >= 0.6 is 0 Å². The molecule has 6 heteroatoms. The van der Waals surface area contributed by atoms with Crippen molar-refractivity contribution in [2.75, 3.05) is 10.5 Å². The molecule has 0 unspecified atom stereocenters. The molecule has 1 aromatic rings. The summed E-state index contributed by atoms with van der Waals surface area (Å²) in [5.41, 5.74) is -0.365. The number of nitrogens with one attached hydrogen (secondary N) is 1. The van der Waals surface area contributed by atoms with Crippen LogP contribution in [-0.4, -0.2) is 19.3 Å². The topological polar surface area (TPSA) is 66.4 Å². The van der Waals surface area contributed by atoms with Gasteiger partial charge in [-0.1, -0.05) is 18.9 Å². The lowest BCUT2D eigenvalue weighted by atomic mass is 10.1. The highest BCUT2D eigenvalue weighted by Crippen LogP contribution is 2.29. The molecule has 0 heterocycles. The zero-order valence-electron chi connectivity index (χ0n) is 9.89. The first-order valence-corrected chi connectivity index (χ1v) is 7.61. The van der Waals surface area contributed by atoms with Crippen LogP contribution in [0.5, 0.6) is 5.75 Å². The van der Waals surface area contributed by atoms with Crippen molar-refractivity contribution in [1.82, 2.24) is 0 Å². The Kier molecular flexibility index (Phi) is 3.75. The summed E-state index contributed by atoms with van der Waals surface area (Å²) in [6.45, 7) is 0. The van der Waals surface area contributed by atoms with Crippen LogP contribution in [0.3, 0.4) is 0 Å². The van der Waals surface area contributed by atoms with Crippen LogP contribution in [0.15, 0.2) is 18.2 Å². The van der Waals surface area contributed by atoms with Crippen LogP contribution in [0.1, 0.15) is 25.7 Å². The summed E-state index contributed by atoms with van der Waals surface area (Å²) < 4.78 is 39.3. The summed E-state index contributed by atoms with van der Waals surface area (Å²) in [4.78, 5) is 0. The zero-order chi connectivity index (χ0) is 13.2. The molecule has 0 saturated heterocycles. The molecule has 18 heavy (non-hydrogen) atoms. The molecule has 0 amide bonds. The van der Waals surface area contributed by atoms with Crippen LogP contribution in [0.2, 0.25) is 0 Å². The lowest BCUT2D eigenvalue weighted by molar-refractivity contribution is 0.472. The summed E-state index contributed by atoms with van der Waals surface area (Å²) in [5.74, 6) is -1.05. The van der Waals surface area contributed by atoms with Crippen LogP contribution in [-0.2, 0) is 10.0 Å². The van der Waals surface area contributed by atoms with E-state index >= 15 is 0 Å². The van der Waals surface area contributed by atoms with Gasteiger partial charge >= 0.3 is 0 Å². The minimum atomic E-state index is -3.61. The monoisotopic (exact) mass is 273 g/mol. The van der Waals surface area contributed by atoms with E-state index in [2.05, 4.69) is 4.72 Å². The number of hydrogen-bond donors (Lipinski definition) is 2. The first-order chi connectivity index (χ1) is 8.48. The molecule has 2 rings (SSSR count). The molecule has 100 valence electrons. The Bertz CT molecular complexity index is 504. The lowest BCUT2D eigenvalue weighted by Crippen LogP contribution is -2.22. The highest BCUT2D eigenvalue weighted by Gasteiger charge is 2.24. The second-order valence-corrected chi connectivity index (χ2v) is 6.43. The molecule has 1 saturated carbocycles. The van der Waals surface area contributed by atoms with Crippen molar-refractivity contribution < 1.29 is 17.9 Å². The summed E-state index contributed by atoms with van der Waals surface area (Å²) >= 11 is 0. The Morgan fingerprint density at radius 2 is 2.00 bits per heavy atom. The Morgan fingerprint density at radius 1 is 1.33 bits per heavy atom. The maximum absolute atomic E-state index is 13.4. The number of rotatable bonds is 4. The van der Waals surface area contributed by atoms with Gasteiger partial charge in [-0.05, 0) is 30.9 Å². The molecule has 0 atom stereocenters. The normalized spacial score (nSPS) is 16.9. The molecule has 0 bridgehead atoms. The number of sulfonamides is 1. The minimum Gasteiger partial charge on any atom is -0.506 e. The van der Waals surface area contributed by atoms with Gasteiger partial charge in [-0.15, -0.1) is 0 Å². The molecule has 1 aromatic carbocycles. The number of hydrogen-bond acceptors (Lipinski definition) is 3. The fourth-order valence-electron chi connectivity index (χ4n) is 2.30. The number of para-hydroxylation sites is 1. The predicted octanol–water partition coefficient (Wildman–Crippen LogP) is 2.46. The third-order valence-electron chi connectivity index (χ3n) is 3.18. The number of phenols is 1. The van der Waals surface area contributed by atoms with Crippen molar-refractivity contribution in [3.63, 3.8) is 0 Å². The SMILES string of the molecule is O=S(=O)(CC1CCCC1)Nc1c(O)cccc1F. The standard InChI is InChI=1S/C12H16FNO3S/c13-10-6-3-7-11(15)12(10)14-18(16,17)8-9-4-1-2-5-9/h3,6-7,9,14-15H,1-2,4-5,8H2.